The van der Waals surface area contributed by atoms with Crippen molar-refractivity contribution in [1.29, 1.82) is 0 Å². The Labute approximate surface area is 110 Å². The number of hydrogen-bond acceptors (Lipinski definition) is 3. The minimum absolute atomic E-state index is 0.238. The number of nitrogens with zero attached hydrogens (tertiary/aromatic N) is 1. The fraction of sp³-hybridized carbons (Fsp3) is 0.929. The van der Waals surface area contributed by atoms with Gasteiger partial charge in [0.2, 0.25) is 0 Å². The van der Waals surface area contributed by atoms with Gasteiger partial charge in [0.25, 0.3) is 0 Å². The summed E-state index contributed by atoms with van der Waals surface area (Å²) < 4.78 is 0. The first kappa shape index (κ1) is 13.8. The average Bonchev–Trinajstić information content (AvgIpc) is 2.61. The Bertz CT molecular complexity index is 300. The summed E-state index contributed by atoms with van der Waals surface area (Å²) in [5.74, 6) is 0.136. The van der Waals surface area contributed by atoms with Gasteiger partial charge in [-0.15, -0.1) is 0 Å². The van der Waals surface area contributed by atoms with E-state index in [1.807, 2.05) is 0 Å². The van der Waals surface area contributed by atoms with Crippen LogP contribution in [0.15, 0.2) is 0 Å². The molecule has 3 unspecified atom stereocenters. The molecule has 1 heterocycles. The molecule has 0 amide bonds. The van der Waals surface area contributed by atoms with Crippen LogP contribution in [0.4, 0.5) is 0 Å². The lowest BCUT2D eigenvalue weighted by Gasteiger charge is -2.49. The number of hydrogen-bond donors (Lipinski definition) is 2. The number of carbonyl (C=O) groups is 1. The van der Waals surface area contributed by atoms with E-state index in [0.717, 1.165) is 45.4 Å². The van der Waals surface area contributed by atoms with E-state index in [2.05, 4.69) is 24.1 Å². The minimum atomic E-state index is -0.621. The first-order valence-corrected chi connectivity index (χ1v) is 7.28. The highest BCUT2D eigenvalue weighted by Crippen LogP contribution is 2.42. The van der Waals surface area contributed by atoms with Crippen molar-refractivity contribution in [1.82, 2.24) is 10.2 Å². The minimum Gasteiger partial charge on any atom is -0.480 e. The van der Waals surface area contributed by atoms with Crippen molar-refractivity contribution in [3.8, 4) is 0 Å². The summed E-state index contributed by atoms with van der Waals surface area (Å²) in [5.41, 5.74) is -0.621. The highest BCUT2D eigenvalue weighted by Gasteiger charge is 2.51. The summed E-state index contributed by atoms with van der Waals surface area (Å²) in [6, 6.07) is 0. The van der Waals surface area contributed by atoms with Gasteiger partial charge in [0.05, 0.1) is 0 Å². The number of aliphatic carboxylic acids is 1. The fourth-order valence-electron chi connectivity index (χ4n) is 3.77. The summed E-state index contributed by atoms with van der Waals surface area (Å²) in [6.45, 7) is 8.04. The summed E-state index contributed by atoms with van der Waals surface area (Å²) in [7, 11) is 0. The molecular weight excluding hydrogens is 228 g/mol. The van der Waals surface area contributed by atoms with Gasteiger partial charge in [-0.25, -0.2) is 0 Å². The molecule has 1 saturated heterocycles. The summed E-state index contributed by atoms with van der Waals surface area (Å²) in [6.07, 6.45) is 4.08. The zero-order valence-electron chi connectivity index (χ0n) is 11.6. The van der Waals surface area contributed by atoms with Crippen molar-refractivity contribution >= 4 is 5.97 Å². The van der Waals surface area contributed by atoms with Crippen LogP contribution in [0.3, 0.4) is 0 Å². The highest BCUT2D eigenvalue weighted by atomic mass is 16.4. The summed E-state index contributed by atoms with van der Waals surface area (Å²) in [4.78, 5) is 14.2. The molecule has 2 N–H and O–H groups in total. The van der Waals surface area contributed by atoms with Crippen LogP contribution in [0.1, 0.15) is 39.5 Å². The Hall–Kier alpha value is -0.610. The van der Waals surface area contributed by atoms with Gasteiger partial charge in [-0.1, -0.05) is 26.7 Å². The van der Waals surface area contributed by atoms with Crippen molar-refractivity contribution in [2.24, 2.45) is 11.8 Å². The van der Waals surface area contributed by atoms with E-state index in [1.54, 1.807) is 0 Å². The molecule has 0 bridgehead atoms. The second-order valence-corrected chi connectivity index (χ2v) is 5.98. The van der Waals surface area contributed by atoms with Crippen LogP contribution in [0.2, 0.25) is 0 Å². The first-order valence-electron chi connectivity index (χ1n) is 7.28. The van der Waals surface area contributed by atoms with E-state index in [0.29, 0.717) is 5.92 Å². The molecule has 0 aromatic carbocycles. The third-order valence-corrected chi connectivity index (χ3v) is 5.10. The van der Waals surface area contributed by atoms with Gasteiger partial charge in [0.15, 0.2) is 0 Å². The molecule has 0 aromatic rings. The van der Waals surface area contributed by atoms with Gasteiger partial charge in [0, 0.05) is 19.6 Å². The van der Waals surface area contributed by atoms with Gasteiger partial charge in [-0.2, -0.15) is 0 Å². The SMILES string of the molecule is CC1CCCC(C(=O)O)(N2CCCNCC2)C1C. The van der Waals surface area contributed by atoms with Crippen LogP contribution in [-0.2, 0) is 4.79 Å². The predicted molar refractivity (Wildman–Crippen MR) is 71.6 cm³/mol. The second kappa shape index (κ2) is 5.57. The van der Waals surface area contributed by atoms with Crippen molar-refractivity contribution in [3.63, 3.8) is 0 Å². The van der Waals surface area contributed by atoms with Crippen LogP contribution >= 0.6 is 0 Å². The van der Waals surface area contributed by atoms with Crippen LogP contribution in [0.25, 0.3) is 0 Å². The second-order valence-electron chi connectivity index (χ2n) is 5.98. The molecule has 1 aliphatic heterocycles. The van der Waals surface area contributed by atoms with Crippen LogP contribution in [0.5, 0.6) is 0 Å². The third kappa shape index (κ3) is 2.28. The Morgan fingerprint density at radius 1 is 1.28 bits per heavy atom. The maximum absolute atomic E-state index is 12.0. The summed E-state index contributed by atoms with van der Waals surface area (Å²) in [5, 5.41) is 13.2. The third-order valence-electron chi connectivity index (χ3n) is 5.10. The molecule has 2 fully saturated rings. The maximum atomic E-state index is 12.0. The summed E-state index contributed by atoms with van der Waals surface area (Å²) >= 11 is 0. The standard InChI is InChI=1S/C14H26N2O2/c1-11-5-3-6-14(12(11)2,13(17)18)16-9-4-7-15-8-10-16/h11-12,15H,3-10H2,1-2H3,(H,17,18). The molecule has 4 nitrogen and oxygen atoms in total. The van der Waals surface area contributed by atoms with Gasteiger partial charge in [-0.3, -0.25) is 9.69 Å². The van der Waals surface area contributed by atoms with Crippen molar-refractivity contribution < 1.29 is 9.90 Å². The van der Waals surface area contributed by atoms with Gasteiger partial charge in [0.1, 0.15) is 5.54 Å². The normalized spacial score (nSPS) is 39.2. The van der Waals surface area contributed by atoms with E-state index < -0.39 is 11.5 Å². The Morgan fingerprint density at radius 3 is 2.78 bits per heavy atom. The molecule has 1 aliphatic carbocycles. The monoisotopic (exact) mass is 254 g/mol. The molecule has 2 aliphatic rings. The smallest absolute Gasteiger partial charge is 0.324 e. The van der Waals surface area contributed by atoms with Crippen molar-refractivity contribution in [3.05, 3.63) is 0 Å². The zero-order valence-corrected chi connectivity index (χ0v) is 11.6. The number of carboxylic acid groups (broad SMARTS) is 1. The van der Waals surface area contributed by atoms with Crippen LogP contribution < -0.4 is 5.32 Å². The molecular formula is C14H26N2O2. The van der Waals surface area contributed by atoms with E-state index in [-0.39, 0.29) is 5.92 Å². The molecule has 18 heavy (non-hydrogen) atoms. The Kier molecular flexibility index (Phi) is 4.28. The topological polar surface area (TPSA) is 52.6 Å². The van der Waals surface area contributed by atoms with Crippen molar-refractivity contribution in [2.75, 3.05) is 26.2 Å². The number of rotatable bonds is 2. The quantitative estimate of drug-likeness (QED) is 0.785. The molecule has 0 aromatic heterocycles. The molecule has 2 rings (SSSR count). The van der Waals surface area contributed by atoms with Gasteiger partial charge >= 0.3 is 5.97 Å². The number of nitrogens with one attached hydrogen (secondary N) is 1. The highest BCUT2D eigenvalue weighted by molar-refractivity contribution is 5.79. The molecule has 3 atom stereocenters. The van der Waals surface area contributed by atoms with Gasteiger partial charge < -0.3 is 10.4 Å². The zero-order chi connectivity index (χ0) is 13.2. The Morgan fingerprint density at radius 2 is 2.06 bits per heavy atom. The van der Waals surface area contributed by atoms with E-state index in [9.17, 15) is 9.90 Å². The maximum Gasteiger partial charge on any atom is 0.324 e. The van der Waals surface area contributed by atoms with E-state index >= 15 is 0 Å². The van der Waals surface area contributed by atoms with E-state index in [1.165, 1.54) is 6.42 Å². The molecule has 104 valence electrons. The van der Waals surface area contributed by atoms with Crippen LogP contribution in [0, 0.1) is 11.8 Å². The number of carboxylic acids is 1. The van der Waals surface area contributed by atoms with E-state index in [4.69, 9.17) is 0 Å². The lowest BCUT2D eigenvalue weighted by Crippen LogP contribution is -2.62. The molecule has 0 radical (unpaired) electrons. The Balaban J connectivity index is 2.26. The average molecular weight is 254 g/mol. The largest absolute Gasteiger partial charge is 0.480 e. The first-order chi connectivity index (χ1) is 8.59. The van der Waals surface area contributed by atoms with Gasteiger partial charge in [-0.05, 0) is 31.2 Å². The van der Waals surface area contributed by atoms with Crippen molar-refractivity contribution in [2.45, 2.75) is 45.1 Å². The predicted octanol–water partition coefficient (Wildman–Crippen LogP) is 1.56. The molecule has 1 saturated carbocycles. The molecule has 0 spiro atoms. The fourth-order valence-corrected chi connectivity index (χ4v) is 3.77. The lowest BCUT2D eigenvalue weighted by atomic mass is 9.67. The lowest BCUT2D eigenvalue weighted by molar-refractivity contribution is -0.160. The van der Waals surface area contributed by atoms with Crippen LogP contribution in [-0.4, -0.2) is 47.7 Å². The molecule has 4 heteroatoms.